The molecular formula is C49H49N5O. The van der Waals surface area contributed by atoms with Crippen molar-refractivity contribution in [3.63, 3.8) is 0 Å². The maximum Gasteiger partial charge on any atom is 0.268 e. The van der Waals surface area contributed by atoms with E-state index in [1.54, 1.807) is 6.20 Å². The minimum atomic E-state index is -0.0224. The third-order valence-electron chi connectivity index (χ3n) is 10.4. The van der Waals surface area contributed by atoms with Crippen LogP contribution in [0.15, 0.2) is 134 Å². The van der Waals surface area contributed by atoms with Crippen LogP contribution in [0.2, 0.25) is 0 Å². The molecule has 4 aromatic carbocycles. The summed E-state index contributed by atoms with van der Waals surface area (Å²) >= 11 is 0. The van der Waals surface area contributed by atoms with E-state index in [4.69, 9.17) is 9.72 Å². The molecule has 4 heterocycles. The number of rotatable bonds is 6. The van der Waals surface area contributed by atoms with E-state index in [0.717, 1.165) is 39.0 Å². The Hall–Kier alpha value is -6.01. The van der Waals surface area contributed by atoms with Crippen molar-refractivity contribution in [1.29, 1.82) is 0 Å². The van der Waals surface area contributed by atoms with E-state index in [1.165, 1.54) is 27.8 Å². The molecule has 0 aliphatic heterocycles. The van der Waals surface area contributed by atoms with Crippen LogP contribution in [-0.4, -0.2) is 19.1 Å². The van der Waals surface area contributed by atoms with Crippen LogP contribution >= 0.6 is 0 Å². The Morgan fingerprint density at radius 1 is 0.600 bits per heavy atom. The molecule has 276 valence electrons. The number of aromatic nitrogens is 5. The van der Waals surface area contributed by atoms with E-state index < -0.39 is 0 Å². The van der Waals surface area contributed by atoms with Crippen molar-refractivity contribution in [1.82, 2.24) is 19.1 Å². The average molecular weight is 724 g/mol. The number of ether oxygens (including phenoxy) is 1. The molecule has 0 saturated carbocycles. The number of hydrogen-bond donors (Lipinski definition) is 0. The van der Waals surface area contributed by atoms with E-state index in [1.807, 2.05) is 41.5 Å². The number of imidazole rings is 1. The van der Waals surface area contributed by atoms with Gasteiger partial charge in [0.25, 0.3) is 6.33 Å². The molecule has 6 nitrogen and oxygen atoms in total. The first kappa shape index (κ1) is 36.0. The highest BCUT2D eigenvalue weighted by Crippen LogP contribution is 2.38. The quantitative estimate of drug-likeness (QED) is 0.127. The lowest BCUT2D eigenvalue weighted by Crippen LogP contribution is -2.30. The van der Waals surface area contributed by atoms with Gasteiger partial charge in [-0.05, 0) is 98.7 Å². The monoisotopic (exact) mass is 723 g/mol. The molecule has 8 aromatic rings. The van der Waals surface area contributed by atoms with Crippen molar-refractivity contribution in [2.24, 2.45) is 0 Å². The molecule has 0 bridgehead atoms. The molecular weight excluding hydrogens is 675 g/mol. The molecule has 0 atom stereocenters. The summed E-state index contributed by atoms with van der Waals surface area (Å²) in [5.41, 5.74) is 10.2. The number of nitrogens with zero attached hydrogens (tertiary/aromatic N) is 5. The smallest absolute Gasteiger partial charge is 0.268 e. The highest BCUT2D eigenvalue weighted by Gasteiger charge is 2.22. The van der Waals surface area contributed by atoms with Gasteiger partial charge in [0.15, 0.2) is 0 Å². The van der Waals surface area contributed by atoms with Crippen LogP contribution in [0.4, 0.5) is 0 Å². The van der Waals surface area contributed by atoms with Gasteiger partial charge in [0.05, 0.1) is 28.6 Å². The van der Waals surface area contributed by atoms with E-state index in [2.05, 4.69) is 174 Å². The first-order valence-corrected chi connectivity index (χ1v) is 19.0. The second-order valence-electron chi connectivity index (χ2n) is 17.7. The molecule has 4 aromatic heterocycles. The third kappa shape index (κ3) is 7.17. The summed E-state index contributed by atoms with van der Waals surface area (Å²) in [6, 6.07) is 36.7. The molecule has 55 heavy (non-hydrogen) atoms. The van der Waals surface area contributed by atoms with E-state index in [0.29, 0.717) is 11.5 Å². The van der Waals surface area contributed by atoms with Gasteiger partial charge in [-0.1, -0.05) is 105 Å². The molecule has 0 aliphatic rings. The fraction of sp³-hybridized carbons (Fsp3) is 0.245. The predicted octanol–water partition coefficient (Wildman–Crippen LogP) is 11.8. The summed E-state index contributed by atoms with van der Waals surface area (Å²) in [7, 11) is 0. The Balaban J connectivity index is 1.17. The normalized spacial score (nSPS) is 12.5. The molecule has 0 spiro atoms. The van der Waals surface area contributed by atoms with Gasteiger partial charge in [0.1, 0.15) is 17.3 Å². The summed E-state index contributed by atoms with van der Waals surface area (Å²) in [4.78, 5) is 9.47. The Morgan fingerprint density at radius 3 is 2.04 bits per heavy atom. The van der Waals surface area contributed by atoms with Crippen LogP contribution in [-0.2, 0) is 16.2 Å². The van der Waals surface area contributed by atoms with Gasteiger partial charge >= 0.3 is 0 Å². The highest BCUT2D eigenvalue weighted by atomic mass is 16.5. The van der Waals surface area contributed by atoms with Crippen LogP contribution in [0.1, 0.15) is 79.0 Å². The molecule has 0 N–H and O–H groups in total. The highest BCUT2D eigenvalue weighted by molar-refractivity contribution is 6.10. The molecule has 0 aliphatic carbocycles. The van der Waals surface area contributed by atoms with Gasteiger partial charge in [0, 0.05) is 41.6 Å². The van der Waals surface area contributed by atoms with Crippen LogP contribution in [0.3, 0.4) is 0 Å². The molecule has 0 saturated heterocycles. The molecule has 8 rings (SSSR count). The van der Waals surface area contributed by atoms with Crippen LogP contribution in [0.5, 0.6) is 11.5 Å². The molecule has 6 heteroatoms. The third-order valence-corrected chi connectivity index (χ3v) is 10.4. The van der Waals surface area contributed by atoms with Crippen LogP contribution < -0.4 is 9.30 Å². The fourth-order valence-electron chi connectivity index (χ4n) is 7.08. The van der Waals surface area contributed by atoms with Crippen LogP contribution in [0.25, 0.3) is 50.1 Å². The topological polar surface area (TPSA) is 48.8 Å². The van der Waals surface area contributed by atoms with Gasteiger partial charge in [-0.2, -0.15) is 0 Å². The molecule has 0 unspecified atom stereocenters. The minimum Gasteiger partial charge on any atom is -0.456 e. The number of fused-ring (bicyclic) bond motifs is 3. The lowest BCUT2D eigenvalue weighted by molar-refractivity contribution is -0.599. The van der Waals surface area contributed by atoms with E-state index >= 15 is 0 Å². The molecule has 0 fully saturated rings. The van der Waals surface area contributed by atoms with Gasteiger partial charge in [-0.15, -0.1) is 0 Å². The van der Waals surface area contributed by atoms with Gasteiger partial charge < -0.3 is 4.74 Å². The maximum atomic E-state index is 6.57. The van der Waals surface area contributed by atoms with Gasteiger partial charge in [-0.3, -0.25) is 18.7 Å². The summed E-state index contributed by atoms with van der Waals surface area (Å²) < 4.78 is 12.8. The fourth-order valence-corrected chi connectivity index (χ4v) is 7.08. The standard InChI is InChI=1S/C49H49N5O/c1-47(2,3)35-19-20-51-46(27-35)54-44-18-15-34(33-13-11-10-12-14-33)23-43(44)42-17-16-40(29-45(42)54)55-41-28-39(30-50-31-41)53-22-21-52(32-53)38-25-36(48(4,5)6)24-37(26-38)49(7,8)9/h10-31H,1-9H3. The Bertz CT molecular complexity index is 2650. The van der Waals surface area contributed by atoms with Crippen molar-refractivity contribution in [2.75, 3.05) is 0 Å². The average Bonchev–Trinajstić information content (AvgIpc) is 3.77. The van der Waals surface area contributed by atoms with Crippen molar-refractivity contribution in [3.8, 4) is 39.8 Å². The summed E-state index contributed by atoms with van der Waals surface area (Å²) in [6.07, 6.45) is 13.1. The lowest BCUT2D eigenvalue weighted by Gasteiger charge is -2.26. The number of pyridine rings is 2. The van der Waals surface area contributed by atoms with Crippen molar-refractivity contribution in [2.45, 2.75) is 78.6 Å². The van der Waals surface area contributed by atoms with E-state index in [9.17, 15) is 0 Å². The Morgan fingerprint density at radius 2 is 1.33 bits per heavy atom. The van der Waals surface area contributed by atoms with Crippen LogP contribution in [0, 0.1) is 6.33 Å². The first-order valence-electron chi connectivity index (χ1n) is 19.0. The zero-order valence-electron chi connectivity index (χ0n) is 33.3. The van der Waals surface area contributed by atoms with Crippen molar-refractivity contribution >= 4 is 21.8 Å². The molecule has 0 amide bonds. The number of hydrogen-bond acceptors (Lipinski definition) is 3. The van der Waals surface area contributed by atoms with Crippen molar-refractivity contribution < 1.29 is 9.30 Å². The number of benzene rings is 4. The van der Waals surface area contributed by atoms with Gasteiger partial charge in [-0.25, -0.2) is 4.98 Å². The summed E-state index contributed by atoms with van der Waals surface area (Å²) in [5, 5.41) is 2.29. The second-order valence-corrected chi connectivity index (χ2v) is 17.7. The van der Waals surface area contributed by atoms with Crippen molar-refractivity contribution in [3.05, 3.63) is 157 Å². The van der Waals surface area contributed by atoms with Gasteiger partial charge in [0.2, 0.25) is 0 Å². The molecule has 0 radical (unpaired) electrons. The maximum absolute atomic E-state index is 6.57. The predicted molar refractivity (Wildman–Crippen MR) is 224 cm³/mol. The Labute approximate surface area is 324 Å². The summed E-state index contributed by atoms with van der Waals surface area (Å²) in [5.74, 6) is 2.22. The lowest BCUT2D eigenvalue weighted by atomic mass is 9.80. The largest absolute Gasteiger partial charge is 0.456 e. The Kier molecular flexibility index (Phi) is 8.76. The SMILES string of the molecule is CC(C)(C)c1cc(-[n+]2[c-]n(-c3cncc(Oc4ccc5c6cc(-c7ccccc7)ccc6n(-c6cc(C(C)(C)C)ccn6)c5c4)c3)cc2)cc(C(C)(C)C)c1. The van der Waals surface area contributed by atoms with E-state index in [-0.39, 0.29) is 16.2 Å². The minimum absolute atomic E-state index is 0.0180. The zero-order chi connectivity index (χ0) is 38.7. The summed E-state index contributed by atoms with van der Waals surface area (Å²) in [6.45, 7) is 20.3. The first-order chi connectivity index (χ1) is 26.1. The zero-order valence-corrected chi connectivity index (χ0v) is 33.3. The second kappa shape index (κ2) is 13.4.